The number of sulfonamides is 1. The van der Waals surface area contributed by atoms with Gasteiger partial charge in [0.1, 0.15) is 10.6 Å². The monoisotopic (exact) mass is 397 g/mol. The van der Waals surface area contributed by atoms with Gasteiger partial charge in [0.15, 0.2) is 11.6 Å². The minimum atomic E-state index is -3.75. The number of aromatic nitrogens is 1. The summed E-state index contributed by atoms with van der Waals surface area (Å²) in [5, 5.41) is 2.50. The lowest BCUT2D eigenvalue weighted by Gasteiger charge is -2.19. The standard InChI is InChI=1S/C18H21F2N3O3S/c1-10(2)15-7-5-12-16(27(25,26)22-15)9-23(3)17(12)18(24)21-11-4-6-13(19)14(20)8-11/h4,6,8-10,15,22H,5,7H2,1-3H3,(H,21,24). The molecule has 1 aromatic carbocycles. The first kappa shape index (κ1) is 19.5. The van der Waals surface area contributed by atoms with E-state index in [-0.39, 0.29) is 28.2 Å². The molecule has 0 spiro atoms. The molecule has 0 radical (unpaired) electrons. The lowest BCUT2D eigenvalue weighted by Crippen LogP contribution is -2.37. The van der Waals surface area contributed by atoms with Crippen LogP contribution in [0.5, 0.6) is 0 Å². The summed E-state index contributed by atoms with van der Waals surface area (Å²) >= 11 is 0. The molecule has 0 saturated carbocycles. The van der Waals surface area contributed by atoms with Gasteiger partial charge < -0.3 is 9.88 Å². The maximum absolute atomic E-state index is 13.4. The first-order valence-corrected chi connectivity index (χ1v) is 10.1. The quantitative estimate of drug-likeness (QED) is 0.836. The summed E-state index contributed by atoms with van der Waals surface area (Å²) < 4.78 is 56.0. The molecule has 1 aliphatic heterocycles. The number of aryl methyl sites for hydroxylation is 1. The second kappa shape index (κ2) is 7.05. The molecule has 1 aromatic heterocycles. The van der Waals surface area contributed by atoms with Gasteiger partial charge in [0, 0.05) is 36.6 Å². The van der Waals surface area contributed by atoms with Crippen molar-refractivity contribution in [2.24, 2.45) is 13.0 Å². The van der Waals surface area contributed by atoms with Crippen LogP contribution in [0.2, 0.25) is 0 Å². The van der Waals surface area contributed by atoms with Gasteiger partial charge in [-0.25, -0.2) is 21.9 Å². The summed E-state index contributed by atoms with van der Waals surface area (Å²) in [5.41, 5.74) is 0.696. The smallest absolute Gasteiger partial charge is 0.272 e. The molecule has 9 heteroatoms. The van der Waals surface area contributed by atoms with E-state index in [1.54, 1.807) is 7.05 Å². The van der Waals surface area contributed by atoms with Crippen LogP contribution >= 0.6 is 0 Å². The number of hydrogen-bond donors (Lipinski definition) is 2. The molecular weight excluding hydrogens is 376 g/mol. The Labute approximate surface area is 156 Å². The van der Waals surface area contributed by atoms with Crippen LogP contribution in [0.1, 0.15) is 36.3 Å². The van der Waals surface area contributed by atoms with E-state index in [1.807, 2.05) is 13.8 Å². The highest BCUT2D eigenvalue weighted by atomic mass is 32.2. The molecule has 0 aliphatic carbocycles. The zero-order chi connectivity index (χ0) is 19.9. The lowest BCUT2D eigenvalue weighted by molar-refractivity contribution is 0.101. The van der Waals surface area contributed by atoms with E-state index in [0.29, 0.717) is 18.4 Å². The van der Waals surface area contributed by atoms with Gasteiger partial charge in [-0.05, 0) is 30.9 Å². The van der Waals surface area contributed by atoms with E-state index < -0.39 is 27.6 Å². The van der Waals surface area contributed by atoms with Crippen molar-refractivity contribution in [1.82, 2.24) is 9.29 Å². The Morgan fingerprint density at radius 1 is 1.30 bits per heavy atom. The normalized spacial score (nSPS) is 18.8. The highest BCUT2D eigenvalue weighted by molar-refractivity contribution is 7.89. The summed E-state index contributed by atoms with van der Waals surface area (Å²) in [4.78, 5) is 12.8. The molecule has 27 heavy (non-hydrogen) atoms. The Bertz CT molecular complexity index is 1000. The van der Waals surface area contributed by atoms with Crippen molar-refractivity contribution in [3.63, 3.8) is 0 Å². The van der Waals surface area contributed by atoms with Crippen LogP contribution in [0, 0.1) is 17.6 Å². The van der Waals surface area contributed by atoms with Crippen molar-refractivity contribution in [2.45, 2.75) is 37.6 Å². The molecular formula is C18H21F2N3O3S. The maximum Gasteiger partial charge on any atom is 0.272 e. The van der Waals surface area contributed by atoms with Crippen LogP contribution in [0.25, 0.3) is 0 Å². The predicted octanol–water partition coefficient (Wildman–Crippen LogP) is 2.80. The first-order valence-electron chi connectivity index (χ1n) is 8.57. The minimum Gasteiger partial charge on any atom is -0.345 e. The number of carbonyl (C=O) groups is 1. The number of fused-ring (bicyclic) bond motifs is 1. The van der Waals surface area contributed by atoms with Gasteiger partial charge in [-0.2, -0.15) is 0 Å². The number of rotatable bonds is 3. The van der Waals surface area contributed by atoms with E-state index in [1.165, 1.54) is 16.8 Å². The van der Waals surface area contributed by atoms with Gasteiger partial charge in [0.05, 0.1) is 0 Å². The molecule has 3 rings (SSSR count). The van der Waals surface area contributed by atoms with Crippen molar-refractivity contribution in [1.29, 1.82) is 0 Å². The fourth-order valence-corrected chi connectivity index (χ4v) is 5.01. The van der Waals surface area contributed by atoms with Crippen molar-refractivity contribution in [3.8, 4) is 0 Å². The van der Waals surface area contributed by atoms with Crippen LogP contribution in [0.3, 0.4) is 0 Å². The summed E-state index contributed by atoms with van der Waals surface area (Å²) in [7, 11) is -2.18. The predicted molar refractivity (Wildman–Crippen MR) is 97.0 cm³/mol. The van der Waals surface area contributed by atoms with E-state index in [2.05, 4.69) is 10.0 Å². The number of nitrogens with one attached hydrogen (secondary N) is 2. The van der Waals surface area contributed by atoms with Gasteiger partial charge >= 0.3 is 0 Å². The molecule has 146 valence electrons. The number of carbonyl (C=O) groups excluding carboxylic acids is 1. The SMILES string of the molecule is CC(C)C1CCc2c(cn(C)c2C(=O)Nc2ccc(F)c(F)c2)S(=O)(=O)N1. The van der Waals surface area contributed by atoms with E-state index in [4.69, 9.17) is 0 Å². The molecule has 2 N–H and O–H groups in total. The van der Waals surface area contributed by atoms with Crippen molar-refractivity contribution >= 4 is 21.6 Å². The molecule has 6 nitrogen and oxygen atoms in total. The largest absolute Gasteiger partial charge is 0.345 e. The van der Waals surface area contributed by atoms with Gasteiger partial charge in [0.25, 0.3) is 5.91 Å². The Morgan fingerprint density at radius 2 is 2.00 bits per heavy atom. The number of anilines is 1. The summed E-state index contributed by atoms with van der Waals surface area (Å²) in [6.45, 7) is 3.86. The first-order chi connectivity index (χ1) is 12.6. The summed E-state index contributed by atoms with van der Waals surface area (Å²) in [6, 6.07) is 2.81. The van der Waals surface area contributed by atoms with Crippen LogP contribution in [0.4, 0.5) is 14.5 Å². The van der Waals surface area contributed by atoms with E-state index >= 15 is 0 Å². The van der Waals surface area contributed by atoms with Crippen molar-refractivity contribution in [3.05, 3.63) is 47.3 Å². The molecule has 2 aromatic rings. The van der Waals surface area contributed by atoms with Gasteiger partial charge in [-0.15, -0.1) is 0 Å². The van der Waals surface area contributed by atoms with Crippen LogP contribution < -0.4 is 10.0 Å². The number of benzene rings is 1. The van der Waals surface area contributed by atoms with Crippen molar-refractivity contribution in [2.75, 3.05) is 5.32 Å². The minimum absolute atomic E-state index is 0.0728. The third-order valence-corrected chi connectivity index (χ3v) is 6.29. The second-order valence-electron chi connectivity index (χ2n) is 7.02. The highest BCUT2D eigenvalue weighted by Gasteiger charge is 2.33. The zero-order valence-electron chi connectivity index (χ0n) is 15.2. The second-order valence-corrected chi connectivity index (χ2v) is 8.71. The lowest BCUT2D eigenvalue weighted by atomic mass is 9.97. The van der Waals surface area contributed by atoms with Gasteiger partial charge in [-0.3, -0.25) is 4.79 Å². The molecule has 1 aliphatic rings. The number of amides is 1. The molecule has 1 amide bonds. The molecule has 0 fully saturated rings. The molecule has 0 saturated heterocycles. The fourth-order valence-electron chi connectivity index (χ4n) is 3.27. The molecule has 1 unspecified atom stereocenters. The third-order valence-electron chi connectivity index (χ3n) is 4.75. The average molecular weight is 397 g/mol. The average Bonchev–Trinajstić information content (AvgIpc) is 2.85. The highest BCUT2D eigenvalue weighted by Crippen LogP contribution is 2.29. The van der Waals surface area contributed by atoms with Crippen molar-refractivity contribution < 1.29 is 22.0 Å². The van der Waals surface area contributed by atoms with Crippen LogP contribution in [-0.2, 0) is 23.5 Å². The topological polar surface area (TPSA) is 80.2 Å². The Kier molecular flexibility index (Phi) is 5.09. The fraction of sp³-hybridized carbons (Fsp3) is 0.389. The zero-order valence-corrected chi connectivity index (χ0v) is 16.0. The summed E-state index contributed by atoms with van der Waals surface area (Å²) in [5.74, 6) is -2.57. The summed E-state index contributed by atoms with van der Waals surface area (Å²) in [6.07, 6.45) is 2.37. The van der Waals surface area contributed by atoms with E-state index in [0.717, 1.165) is 12.1 Å². The van der Waals surface area contributed by atoms with Gasteiger partial charge in [0.2, 0.25) is 10.0 Å². The Morgan fingerprint density at radius 3 is 2.63 bits per heavy atom. The molecule has 0 bridgehead atoms. The third kappa shape index (κ3) is 3.74. The Hall–Kier alpha value is -2.26. The van der Waals surface area contributed by atoms with E-state index in [9.17, 15) is 22.0 Å². The van der Waals surface area contributed by atoms with Gasteiger partial charge in [-0.1, -0.05) is 13.8 Å². The number of halogens is 2. The number of hydrogen-bond acceptors (Lipinski definition) is 3. The molecule has 2 heterocycles. The number of nitrogens with zero attached hydrogens (tertiary/aromatic N) is 1. The van der Waals surface area contributed by atoms with Crippen LogP contribution in [-0.4, -0.2) is 24.9 Å². The Balaban J connectivity index is 1.97. The maximum atomic E-state index is 13.4. The van der Waals surface area contributed by atoms with Crippen LogP contribution in [0.15, 0.2) is 29.3 Å². The molecule has 1 atom stereocenters.